The van der Waals surface area contributed by atoms with Crippen molar-refractivity contribution in [3.05, 3.63) is 101 Å². The number of hydrogen-bond donors (Lipinski definition) is 1. The lowest BCUT2D eigenvalue weighted by Crippen LogP contribution is -2.53. The minimum atomic E-state index is -0.674. The van der Waals surface area contributed by atoms with Crippen molar-refractivity contribution in [2.75, 3.05) is 6.61 Å². The lowest BCUT2D eigenvalue weighted by molar-refractivity contribution is -0.143. The van der Waals surface area contributed by atoms with E-state index in [4.69, 9.17) is 4.74 Å². The van der Waals surface area contributed by atoms with Crippen molar-refractivity contribution in [1.82, 2.24) is 10.2 Å². The molecule has 2 atom stereocenters. The lowest BCUT2D eigenvalue weighted by Gasteiger charge is -2.32. The Kier molecular flexibility index (Phi) is 9.71. The Morgan fingerprint density at radius 2 is 1.53 bits per heavy atom. The molecule has 34 heavy (non-hydrogen) atoms. The van der Waals surface area contributed by atoms with Gasteiger partial charge in [-0.25, -0.2) is 0 Å². The van der Waals surface area contributed by atoms with Crippen molar-refractivity contribution in [1.29, 1.82) is 0 Å². The molecule has 0 radical (unpaired) electrons. The SMILES string of the molecule is CC[C@@H](C)NC(=O)[C@H](Cc1ccccc1)N(Cc1ccc(Br)cc1)C(=O)COc1ccccc1. The van der Waals surface area contributed by atoms with Crippen molar-refractivity contribution < 1.29 is 14.3 Å². The third-order valence-electron chi connectivity index (χ3n) is 5.64. The molecule has 3 aromatic rings. The molecule has 3 rings (SSSR count). The molecule has 3 aromatic carbocycles. The molecule has 0 saturated heterocycles. The molecule has 0 spiro atoms. The fraction of sp³-hybridized carbons (Fsp3) is 0.286. The smallest absolute Gasteiger partial charge is 0.261 e. The summed E-state index contributed by atoms with van der Waals surface area (Å²) in [6.45, 7) is 4.14. The van der Waals surface area contributed by atoms with E-state index in [0.717, 1.165) is 22.0 Å². The predicted molar refractivity (Wildman–Crippen MR) is 138 cm³/mol. The quantitative estimate of drug-likeness (QED) is 0.367. The van der Waals surface area contributed by atoms with Crippen LogP contribution in [0.3, 0.4) is 0 Å². The number of para-hydroxylation sites is 1. The molecule has 1 N–H and O–H groups in total. The topological polar surface area (TPSA) is 58.6 Å². The molecule has 5 nitrogen and oxygen atoms in total. The summed E-state index contributed by atoms with van der Waals surface area (Å²) in [5.41, 5.74) is 1.93. The average molecular weight is 523 g/mol. The first-order valence-corrected chi connectivity index (χ1v) is 12.3. The number of amides is 2. The summed E-state index contributed by atoms with van der Waals surface area (Å²) in [5.74, 6) is 0.207. The molecule has 0 aliphatic rings. The van der Waals surface area contributed by atoms with Gasteiger partial charge in [-0.2, -0.15) is 0 Å². The number of carbonyl (C=O) groups excluding carboxylic acids is 2. The molecule has 2 amide bonds. The first kappa shape index (κ1) is 25.5. The largest absolute Gasteiger partial charge is 0.484 e. The molecule has 0 unspecified atom stereocenters. The van der Waals surface area contributed by atoms with Crippen LogP contribution in [0, 0.1) is 0 Å². The minimum Gasteiger partial charge on any atom is -0.484 e. The summed E-state index contributed by atoms with van der Waals surface area (Å²) in [6, 6.07) is 26.1. The first-order chi connectivity index (χ1) is 16.5. The van der Waals surface area contributed by atoms with Crippen LogP contribution in [0.2, 0.25) is 0 Å². The van der Waals surface area contributed by atoms with Crippen molar-refractivity contribution in [3.8, 4) is 5.75 Å². The van der Waals surface area contributed by atoms with Gasteiger partial charge in [0.1, 0.15) is 11.8 Å². The van der Waals surface area contributed by atoms with Crippen molar-refractivity contribution in [3.63, 3.8) is 0 Å². The van der Waals surface area contributed by atoms with Crippen LogP contribution >= 0.6 is 15.9 Å². The van der Waals surface area contributed by atoms with Gasteiger partial charge in [0.2, 0.25) is 5.91 Å². The maximum Gasteiger partial charge on any atom is 0.261 e. The zero-order valence-electron chi connectivity index (χ0n) is 19.6. The highest BCUT2D eigenvalue weighted by atomic mass is 79.9. The molecule has 0 heterocycles. The zero-order chi connectivity index (χ0) is 24.3. The van der Waals surface area contributed by atoms with Gasteiger partial charge in [0.05, 0.1) is 0 Å². The first-order valence-electron chi connectivity index (χ1n) is 11.5. The Morgan fingerprint density at radius 3 is 2.15 bits per heavy atom. The number of hydrogen-bond acceptors (Lipinski definition) is 3. The van der Waals surface area contributed by atoms with Crippen LogP contribution in [-0.2, 0) is 22.6 Å². The molecule has 0 bridgehead atoms. The molecule has 0 aliphatic heterocycles. The Morgan fingerprint density at radius 1 is 0.912 bits per heavy atom. The highest BCUT2D eigenvalue weighted by molar-refractivity contribution is 9.10. The minimum absolute atomic E-state index is 0.0102. The van der Waals surface area contributed by atoms with Gasteiger partial charge < -0.3 is 15.0 Å². The third-order valence-corrected chi connectivity index (χ3v) is 6.17. The van der Waals surface area contributed by atoms with E-state index in [1.54, 1.807) is 4.90 Å². The number of nitrogens with zero attached hydrogens (tertiary/aromatic N) is 1. The molecule has 178 valence electrons. The maximum absolute atomic E-state index is 13.5. The van der Waals surface area contributed by atoms with Crippen molar-refractivity contribution >= 4 is 27.7 Å². The molecular formula is C28H31BrN2O3. The Balaban J connectivity index is 1.90. The molecule has 0 aromatic heterocycles. The van der Waals surface area contributed by atoms with Crippen LogP contribution in [0.15, 0.2) is 89.4 Å². The number of halogens is 1. The maximum atomic E-state index is 13.5. The summed E-state index contributed by atoms with van der Waals surface area (Å²) in [6.07, 6.45) is 1.22. The number of benzene rings is 3. The predicted octanol–water partition coefficient (Wildman–Crippen LogP) is 5.38. The van der Waals surface area contributed by atoms with E-state index in [1.165, 1.54) is 0 Å². The molecule has 0 aliphatic carbocycles. The normalized spacial score (nSPS) is 12.4. The fourth-order valence-corrected chi connectivity index (χ4v) is 3.79. The second kappa shape index (κ2) is 12.9. The van der Waals surface area contributed by atoms with Gasteiger partial charge in [0, 0.05) is 23.5 Å². The standard InChI is InChI=1S/C28H31BrN2O3/c1-3-21(2)30-28(33)26(18-22-10-6-4-7-11-22)31(19-23-14-16-24(29)17-15-23)27(32)20-34-25-12-8-5-9-13-25/h4-17,21,26H,3,18-20H2,1-2H3,(H,30,33)/t21-,26+/m1/s1. The third kappa shape index (κ3) is 7.73. The van der Waals surface area contributed by atoms with Crippen molar-refractivity contribution in [2.45, 2.75) is 45.3 Å². The van der Waals surface area contributed by atoms with E-state index in [0.29, 0.717) is 18.7 Å². The number of nitrogens with one attached hydrogen (secondary N) is 1. The van der Waals surface area contributed by atoms with Gasteiger partial charge in [-0.3, -0.25) is 9.59 Å². The average Bonchev–Trinajstić information content (AvgIpc) is 2.87. The summed E-state index contributed by atoms with van der Waals surface area (Å²) < 4.78 is 6.71. The van der Waals surface area contributed by atoms with E-state index in [9.17, 15) is 9.59 Å². The lowest BCUT2D eigenvalue weighted by atomic mass is 10.0. The molecular weight excluding hydrogens is 492 g/mol. The van der Waals surface area contributed by atoms with Crippen LogP contribution in [0.25, 0.3) is 0 Å². The van der Waals surface area contributed by atoms with E-state index < -0.39 is 6.04 Å². The van der Waals surface area contributed by atoms with E-state index >= 15 is 0 Å². The highest BCUT2D eigenvalue weighted by Gasteiger charge is 2.31. The second-order valence-corrected chi connectivity index (χ2v) is 9.19. The van der Waals surface area contributed by atoms with Gasteiger partial charge in [-0.1, -0.05) is 83.5 Å². The highest BCUT2D eigenvalue weighted by Crippen LogP contribution is 2.18. The van der Waals surface area contributed by atoms with E-state index in [1.807, 2.05) is 98.8 Å². The molecule has 6 heteroatoms. The second-order valence-electron chi connectivity index (χ2n) is 8.27. The van der Waals surface area contributed by atoms with Crippen LogP contribution in [0.4, 0.5) is 0 Å². The monoisotopic (exact) mass is 522 g/mol. The Bertz CT molecular complexity index is 1040. The van der Waals surface area contributed by atoms with Gasteiger partial charge in [0.25, 0.3) is 5.91 Å². The van der Waals surface area contributed by atoms with Gasteiger partial charge in [0.15, 0.2) is 6.61 Å². The van der Waals surface area contributed by atoms with Crippen LogP contribution in [-0.4, -0.2) is 35.4 Å². The summed E-state index contributed by atoms with van der Waals surface area (Å²) in [4.78, 5) is 28.6. The molecule has 0 fully saturated rings. The van der Waals surface area contributed by atoms with Crippen LogP contribution < -0.4 is 10.1 Å². The molecule has 0 saturated carbocycles. The number of carbonyl (C=O) groups is 2. The van der Waals surface area contributed by atoms with Gasteiger partial charge in [-0.05, 0) is 48.7 Å². The summed E-state index contributed by atoms with van der Waals surface area (Å²) in [7, 11) is 0. The van der Waals surface area contributed by atoms with Crippen LogP contribution in [0.1, 0.15) is 31.4 Å². The summed E-state index contributed by atoms with van der Waals surface area (Å²) in [5, 5.41) is 3.07. The Hall–Kier alpha value is -3.12. The van der Waals surface area contributed by atoms with E-state index in [-0.39, 0.29) is 24.5 Å². The van der Waals surface area contributed by atoms with Crippen molar-refractivity contribution in [2.24, 2.45) is 0 Å². The van der Waals surface area contributed by atoms with Gasteiger partial charge >= 0.3 is 0 Å². The fourth-order valence-electron chi connectivity index (χ4n) is 3.53. The zero-order valence-corrected chi connectivity index (χ0v) is 21.2. The summed E-state index contributed by atoms with van der Waals surface area (Å²) >= 11 is 3.46. The van der Waals surface area contributed by atoms with Gasteiger partial charge in [-0.15, -0.1) is 0 Å². The van der Waals surface area contributed by atoms with E-state index in [2.05, 4.69) is 21.2 Å². The Labute approximate surface area is 210 Å². The van der Waals surface area contributed by atoms with Crippen LogP contribution in [0.5, 0.6) is 5.75 Å². The number of rotatable bonds is 11. The number of ether oxygens (including phenoxy) is 1.